The van der Waals surface area contributed by atoms with Gasteiger partial charge in [0.15, 0.2) is 5.13 Å². The number of aliphatic hydroxyl groups is 1. The molecule has 1 saturated heterocycles. The van der Waals surface area contributed by atoms with Crippen molar-refractivity contribution in [2.75, 3.05) is 35.7 Å². The zero-order valence-corrected chi connectivity index (χ0v) is 54.9. The minimum atomic E-state index is -4.91. The third-order valence-electron chi connectivity index (χ3n) is 17.5. The number of pyridine rings is 1. The van der Waals surface area contributed by atoms with Gasteiger partial charge in [-0.1, -0.05) is 99.4 Å². The number of carbonyl (C=O) groups is 5. The van der Waals surface area contributed by atoms with E-state index in [1.54, 1.807) is 50.7 Å². The van der Waals surface area contributed by atoms with Gasteiger partial charge >= 0.3 is 7.82 Å². The summed E-state index contributed by atoms with van der Waals surface area (Å²) in [5.41, 5.74) is 7.95. The third-order valence-corrected chi connectivity index (χ3v) is 21.3. The molecule has 484 valence electrons. The molecule has 7 aromatic rings. The molecular formula is C64H78N11O12PS3. The first-order valence-electron chi connectivity index (χ1n) is 30.8. The summed E-state index contributed by atoms with van der Waals surface area (Å²) in [6.07, 6.45) is 6.92. The number of unbranched alkanes of at least 4 members (excludes halogenated alkanes) is 2. The van der Waals surface area contributed by atoms with Crippen LogP contribution in [0.2, 0.25) is 0 Å². The molecule has 4 aromatic heterocycles. The number of phosphoric acid groups is 1. The van der Waals surface area contributed by atoms with E-state index in [-0.39, 0.29) is 63.2 Å². The molecule has 7 N–H and O–H groups in total. The molecule has 3 aliphatic rings. The van der Waals surface area contributed by atoms with Gasteiger partial charge in [0.2, 0.25) is 27.7 Å². The van der Waals surface area contributed by atoms with E-state index in [1.807, 2.05) is 84.1 Å². The van der Waals surface area contributed by atoms with E-state index in [1.165, 1.54) is 34.0 Å². The van der Waals surface area contributed by atoms with Crippen LogP contribution in [0, 0.1) is 25.2 Å². The number of fused-ring (bicyclic) bond motifs is 2. The number of thiazole rings is 2. The Labute approximate surface area is 537 Å². The van der Waals surface area contributed by atoms with Gasteiger partial charge in [-0.15, -0.1) is 11.3 Å². The molecule has 27 heteroatoms. The number of rotatable bonds is 25. The van der Waals surface area contributed by atoms with Crippen LogP contribution in [0.3, 0.4) is 0 Å². The number of β-amino-alcohol motifs (C(OH)–C–C–N with tert-alkyl or cyclic N) is 1. The van der Waals surface area contributed by atoms with E-state index in [4.69, 9.17) is 14.6 Å². The number of carbonyl (C=O) groups excluding carboxylic acids is 5. The summed E-state index contributed by atoms with van der Waals surface area (Å²) in [6, 6.07) is 21.5. The predicted octanol–water partition coefficient (Wildman–Crippen LogP) is 9.16. The minimum absolute atomic E-state index is 0.0374. The SMILES string of the molecule is Cc1ncsc1-c1ccc([C@H](C)NC(=O)[C@@H]2C[C@@H](O)CN2C(=O)[C@H](NC(=O)CCCCCS(=O)(=O)NC(=O)c2nc(N3CCc4cccc(C(=O)Nc5nc6ccccc6s5)c4C3)ccc2-c2cnn(CC3CCCCC3)c2C)C(C)(C)CCOP(=O)(O)O)cc1. The van der Waals surface area contributed by atoms with Crippen molar-refractivity contribution in [3.05, 3.63) is 130 Å². The van der Waals surface area contributed by atoms with Crippen molar-refractivity contribution in [1.29, 1.82) is 0 Å². The lowest BCUT2D eigenvalue weighted by molar-refractivity contribution is -0.144. The average molecular weight is 1320 g/mol. The molecule has 1 aliphatic carbocycles. The number of aromatic nitrogens is 5. The largest absolute Gasteiger partial charge is 0.469 e. The Morgan fingerprint density at radius 1 is 0.890 bits per heavy atom. The van der Waals surface area contributed by atoms with Gasteiger partial charge in [0, 0.05) is 61.4 Å². The van der Waals surface area contributed by atoms with Gasteiger partial charge in [-0.05, 0) is 123 Å². The van der Waals surface area contributed by atoms with E-state index in [9.17, 15) is 51.8 Å². The number of nitrogens with one attached hydrogen (secondary N) is 4. The van der Waals surface area contributed by atoms with E-state index < -0.39 is 83.5 Å². The highest BCUT2D eigenvalue weighted by atomic mass is 32.2. The number of para-hydroxylation sites is 1. The van der Waals surface area contributed by atoms with Crippen LogP contribution in [-0.2, 0) is 53.0 Å². The number of sulfonamides is 1. The number of benzene rings is 3. The summed E-state index contributed by atoms with van der Waals surface area (Å²) in [6.45, 7) is 9.64. The summed E-state index contributed by atoms with van der Waals surface area (Å²) >= 11 is 2.90. The van der Waals surface area contributed by atoms with E-state index in [0.717, 1.165) is 74.4 Å². The van der Waals surface area contributed by atoms with Gasteiger partial charge < -0.3 is 35.3 Å². The number of hydrogen-bond donors (Lipinski definition) is 7. The van der Waals surface area contributed by atoms with Crippen LogP contribution in [0.25, 0.3) is 31.8 Å². The van der Waals surface area contributed by atoms with Crippen molar-refractivity contribution in [1.82, 2.24) is 45.0 Å². The molecule has 3 aromatic carbocycles. The van der Waals surface area contributed by atoms with Crippen molar-refractivity contribution in [3.63, 3.8) is 0 Å². The lowest BCUT2D eigenvalue weighted by atomic mass is 9.80. The molecule has 5 amide bonds. The maximum Gasteiger partial charge on any atom is 0.469 e. The van der Waals surface area contributed by atoms with Crippen LogP contribution < -0.4 is 25.6 Å². The second kappa shape index (κ2) is 28.7. The fourth-order valence-electron chi connectivity index (χ4n) is 12.4. The molecule has 4 atom stereocenters. The Balaban J connectivity index is 0.795. The smallest absolute Gasteiger partial charge is 0.391 e. The van der Waals surface area contributed by atoms with E-state index in [0.29, 0.717) is 53.1 Å². The predicted molar refractivity (Wildman–Crippen MR) is 349 cm³/mol. The molecule has 91 heavy (non-hydrogen) atoms. The van der Waals surface area contributed by atoms with Gasteiger partial charge in [-0.25, -0.2) is 32.7 Å². The molecule has 23 nitrogen and oxygen atoms in total. The number of phosphoric ester groups is 1. The number of anilines is 2. The minimum Gasteiger partial charge on any atom is -0.391 e. The van der Waals surface area contributed by atoms with Crippen LogP contribution in [0.4, 0.5) is 10.9 Å². The fourth-order valence-corrected chi connectivity index (χ4v) is 15.4. The quantitative estimate of drug-likeness (QED) is 0.0207. The van der Waals surface area contributed by atoms with Crippen molar-refractivity contribution in [2.45, 2.75) is 149 Å². The van der Waals surface area contributed by atoms with Crippen molar-refractivity contribution in [2.24, 2.45) is 11.3 Å². The molecule has 2 aliphatic heterocycles. The monoisotopic (exact) mass is 1320 g/mol. The summed E-state index contributed by atoms with van der Waals surface area (Å²) in [5.74, 6) is -2.71. The number of aliphatic hydroxyl groups excluding tert-OH is 1. The van der Waals surface area contributed by atoms with Crippen molar-refractivity contribution in [3.8, 4) is 21.6 Å². The molecular weight excluding hydrogens is 1240 g/mol. The maximum absolute atomic E-state index is 14.7. The summed E-state index contributed by atoms with van der Waals surface area (Å²) < 4.78 is 49.4. The Morgan fingerprint density at radius 3 is 2.40 bits per heavy atom. The van der Waals surface area contributed by atoms with Crippen LogP contribution in [-0.4, -0.2) is 126 Å². The molecule has 0 radical (unpaired) electrons. The van der Waals surface area contributed by atoms with Gasteiger partial charge in [0.25, 0.3) is 11.8 Å². The van der Waals surface area contributed by atoms with Crippen LogP contribution >= 0.6 is 30.5 Å². The molecule has 2 fully saturated rings. The van der Waals surface area contributed by atoms with Gasteiger partial charge in [-0.3, -0.25) is 38.5 Å². The highest BCUT2D eigenvalue weighted by Crippen LogP contribution is 2.39. The summed E-state index contributed by atoms with van der Waals surface area (Å²) in [5, 5.41) is 24.8. The second-order valence-electron chi connectivity index (χ2n) is 24.6. The maximum atomic E-state index is 14.7. The number of aryl methyl sites for hydroxylation is 1. The summed E-state index contributed by atoms with van der Waals surface area (Å²) in [4.78, 5) is 108. The van der Waals surface area contributed by atoms with Crippen molar-refractivity contribution < 1.29 is 56.4 Å². The number of likely N-dealkylation sites (tertiary alicyclic amines) is 1. The molecule has 0 bridgehead atoms. The number of amides is 5. The standard InChI is InChI=1S/C64H78N11O12PS3/c1-39(43-22-24-45(25-23-43)57-40(2)65-38-89-57)67-60(79)52-33-46(76)36-74(52)62(81)58(64(4,5)29-31-87-88(82,83)84)70-55(77)21-10-7-13-32-91(85,86)72-61(80)56-47(49-34-66-75(41(49)3)35-42-15-8-6-9-16-42)26-27-54(69-56)73-30-28-44-17-14-18-48(50(44)37-73)59(78)71-63-68-51-19-11-12-20-53(51)90-63/h11-12,14,17-20,22-27,34,38-39,42,46,52,58,76H,6-10,13,15-16,21,28-33,35-37H2,1-5H3,(H,67,79)(H,70,77)(H,72,80)(H,68,71,78)(H2,82,83,84)/t39-,46+,52-,58-/m0/s1. The van der Waals surface area contributed by atoms with Gasteiger partial charge in [-0.2, -0.15) is 5.10 Å². The van der Waals surface area contributed by atoms with Crippen LogP contribution in [0.1, 0.15) is 146 Å². The molecule has 10 rings (SSSR count). The molecule has 0 spiro atoms. The highest BCUT2D eigenvalue weighted by molar-refractivity contribution is 7.90. The normalized spacial score (nSPS) is 17.1. The summed E-state index contributed by atoms with van der Waals surface area (Å²) in [7, 11) is -9.22. The lowest BCUT2D eigenvalue weighted by Crippen LogP contribution is -2.58. The second-order valence-corrected chi connectivity index (χ2v) is 29.6. The van der Waals surface area contributed by atoms with E-state index in [2.05, 4.69) is 30.6 Å². The van der Waals surface area contributed by atoms with Gasteiger partial charge in [0.05, 0.1) is 57.0 Å². The Bertz CT molecular complexity index is 3940. The first kappa shape index (κ1) is 66.6. The average Bonchev–Trinajstić information content (AvgIpc) is 1.83. The van der Waals surface area contributed by atoms with Crippen LogP contribution in [0.5, 0.6) is 0 Å². The Morgan fingerprint density at radius 2 is 1.66 bits per heavy atom. The topological polar surface area (TPSA) is 318 Å². The third kappa shape index (κ3) is 16.5. The molecule has 0 unspecified atom stereocenters. The Kier molecular flexibility index (Phi) is 21.0. The van der Waals surface area contributed by atoms with E-state index >= 15 is 0 Å². The molecule has 6 heterocycles. The first-order valence-corrected chi connectivity index (χ1v) is 35.7. The zero-order valence-electron chi connectivity index (χ0n) is 51.6. The zero-order chi connectivity index (χ0) is 64.8. The fraction of sp³-hybridized carbons (Fsp3) is 0.453. The Hall–Kier alpha value is -7.29. The first-order chi connectivity index (χ1) is 43.4. The number of hydrogen-bond acceptors (Lipinski definition) is 17. The van der Waals surface area contributed by atoms with Crippen LogP contribution in [0.15, 0.2) is 90.6 Å². The molecule has 1 saturated carbocycles. The van der Waals surface area contributed by atoms with Crippen molar-refractivity contribution >= 4 is 91.2 Å². The highest BCUT2D eigenvalue weighted by Gasteiger charge is 2.46. The van der Waals surface area contributed by atoms with Gasteiger partial charge in [0.1, 0.15) is 23.6 Å². The lowest BCUT2D eigenvalue weighted by Gasteiger charge is -2.37. The number of nitrogens with zero attached hydrogens (tertiary/aromatic N) is 7.